The third kappa shape index (κ3) is 3.88. The lowest BCUT2D eigenvalue weighted by atomic mass is 10.1. The average molecular weight is 353 g/mol. The first-order chi connectivity index (χ1) is 12.4. The molecule has 0 radical (unpaired) electrons. The Morgan fingerprint density at radius 1 is 1.27 bits per heavy atom. The number of benzene rings is 2. The number of anilines is 1. The molecule has 26 heavy (non-hydrogen) atoms. The molecule has 0 unspecified atom stereocenters. The molecule has 1 aliphatic rings. The van der Waals surface area contributed by atoms with Crippen molar-refractivity contribution >= 4 is 23.2 Å². The summed E-state index contributed by atoms with van der Waals surface area (Å²) in [5.41, 5.74) is 2.18. The van der Waals surface area contributed by atoms with E-state index in [0.717, 1.165) is 18.5 Å². The summed E-state index contributed by atoms with van der Waals surface area (Å²) < 4.78 is 0. The highest BCUT2D eigenvalue weighted by atomic mass is 16.6. The van der Waals surface area contributed by atoms with Crippen LogP contribution in [0.2, 0.25) is 0 Å². The van der Waals surface area contributed by atoms with Gasteiger partial charge < -0.3 is 10.2 Å². The maximum atomic E-state index is 12.5. The molecule has 0 saturated carbocycles. The van der Waals surface area contributed by atoms with Crippen molar-refractivity contribution in [3.8, 4) is 0 Å². The molecule has 1 N–H and O–H groups in total. The lowest BCUT2D eigenvalue weighted by Crippen LogP contribution is -2.24. The highest BCUT2D eigenvalue weighted by molar-refractivity contribution is 6.04. The average Bonchev–Trinajstić information content (AvgIpc) is 3.01. The van der Waals surface area contributed by atoms with E-state index in [9.17, 15) is 19.7 Å². The highest BCUT2D eigenvalue weighted by Gasteiger charge is 2.20. The van der Waals surface area contributed by atoms with Crippen LogP contribution in [0, 0.1) is 17.0 Å². The van der Waals surface area contributed by atoms with Crippen molar-refractivity contribution in [3.63, 3.8) is 0 Å². The van der Waals surface area contributed by atoms with E-state index in [-0.39, 0.29) is 17.5 Å². The number of likely N-dealkylation sites (tertiary alicyclic amines) is 1. The van der Waals surface area contributed by atoms with Crippen molar-refractivity contribution in [2.75, 3.05) is 11.9 Å². The Labute approximate surface area is 150 Å². The molecule has 134 valence electrons. The van der Waals surface area contributed by atoms with Crippen LogP contribution in [0.3, 0.4) is 0 Å². The minimum absolute atomic E-state index is 0.0379. The fraction of sp³-hybridized carbons (Fsp3) is 0.263. The van der Waals surface area contributed by atoms with Crippen LogP contribution < -0.4 is 5.32 Å². The van der Waals surface area contributed by atoms with Gasteiger partial charge in [-0.25, -0.2) is 0 Å². The minimum Gasteiger partial charge on any atom is -0.338 e. The molecule has 1 fully saturated rings. The van der Waals surface area contributed by atoms with E-state index >= 15 is 0 Å². The second-order valence-corrected chi connectivity index (χ2v) is 6.33. The number of amides is 2. The van der Waals surface area contributed by atoms with Crippen molar-refractivity contribution in [1.29, 1.82) is 0 Å². The zero-order valence-corrected chi connectivity index (χ0v) is 14.4. The predicted molar refractivity (Wildman–Crippen MR) is 96.9 cm³/mol. The van der Waals surface area contributed by atoms with Crippen LogP contribution in [0.15, 0.2) is 42.5 Å². The van der Waals surface area contributed by atoms with Gasteiger partial charge in [-0.3, -0.25) is 19.7 Å². The molecule has 0 aliphatic carbocycles. The van der Waals surface area contributed by atoms with E-state index in [0.29, 0.717) is 29.8 Å². The van der Waals surface area contributed by atoms with Crippen LogP contribution in [0.25, 0.3) is 0 Å². The van der Waals surface area contributed by atoms with Crippen molar-refractivity contribution in [3.05, 3.63) is 69.3 Å². The molecule has 7 heteroatoms. The van der Waals surface area contributed by atoms with Gasteiger partial charge in [0.25, 0.3) is 11.6 Å². The summed E-state index contributed by atoms with van der Waals surface area (Å²) in [6, 6.07) is 11.6. The molecule has 7 nitrogen and oxygen atoms in total. The largest absolute Gasteiger partial charge is 0.338 e. The topological polar surface area (TPSA) is 92.6 Å². The van der Waals surface area contributed by atoms with Gasteiger partial charge in [0.05, 0.1) is 4.92 Å². The zero-order valence-electron chi connectivity index (χ0n) is 14.4. The highest BCUT2D eigenvalue weighted by Crippen LogP contribution is 2.23. The van der Waals surface area contributed by atoms with Crippen molar-refractivity contribution < 1.29 is 14.5 Å². The first-order valence-electron chi connectivity index (χ1n) is 8.37. The molecule has 2 aromatic rings. The monoisotopic (exact) mass is 353 g/mol. The van der Waals surface area contributed by atoms with E-state index in [1.165, 1.54) is 6.07 Å². The summed E-state index contributed by atoms with van der Waals surface area (Å²) in [5.74, 6) is -0.218. The molecule has 3 rings (SSSR count). The Kier molecular flexibility index (Phi) is 4.97. The Morgan fingerprint density at radius 2 is 2.08 bits per heavy atom. The number of hydrogen-bond donors (Lipinski definition) is 1. The fourth-order valence-corrected chi connectivity index (χ4v) is 2.99. The summed E-state index contributed by atoms with van der Waals surface area (Å²) in [6.07, 6.45) is 1.44. The molecule has 0 bridgehead atoms. The Bertz CT molecular complexity index is 879. The second kappa shape index (κ2) is 7.35. The molecule has 1 aliphatic heterocycles. The lowest BCUT2D eigenvalue weighted by molar-refractivity contribution is -0.385. The van der Waals surface area contributed by atoms with Gasteiger partial charge in [-0.05, 0) is 37.1 Å². The fourth-order valence-electron chi connectivity index (χ4n) is 2.99. The Morgan fingerprint density at radius 3 is 2.77 bits per heavy atom. The quantitative estimate of drug-likeness (QED) is 0.659. The summed E-state index contributed by atoms with van der Waals surface area (Å²) in [6.45, 7) is 2.87. The number of nitro groups is 1. The van der Waals surface area contributed by atoms with Crippen molar-refractivity contribution in [2.24, 2.45) is 0 Å². The van der Waals surface area contributed by atoms with Crippen molar-refractivity contribution in [2.45, 2.75) is 26.3 Å². The van der Waals surface area contributed by atoms with E-state index in [2.05, 4.69) is 5.32 Å². The van der Waals surface area contributed by atoms with Crippen LogP contribution in [0.1, 0.15) is 34.3 Å². The third-order valence-electron chi connectivity index (χ3n) is 4.40. The van der Waals surface area contributed by atoms with Crippen molar-refractivity contribution in [1.82, 2.24) is 4.90 Å². The van der Waals surface area contributed by atoms with Crippen LogP contribution in [0.5, 0.6) is 0 Å². The minimum atomic E-state index is -0.474. The molecule has 0 atom stereocenters. The van der Waals surface area contributed by atoms with Crippen LogP contribution >= 0.6 is 0 Å². The van der Waals surface area contributed by atoms with E-state index in [1.807, 2.05) is 6.07 Å². The van der Waals surface area contributed by atoms with Gasteiger partial charge in [0.1, 0.15) is 0 Å². The number of aryl methyl sites for hydroxylation is 1. The number of rotatable bonds is 5. The standard InChI is InChI=1S/C19H19N3O4/c1-13-7-8-16(11-17(13)22(25)26)20-19(24)15-5-2-4-14(10-15)12-21-9-3-6-18(21)23/h2,4-5,7-8,10-11H,3,6,9,12H2,1H3,(H,20,24). The molecular formula is C19H19N3O4. The summed E-state index contributed by atoms with van der Waals surface area (Å²) in [5, 5.41) is 13.7. The lowest BCUT2D eigenvalue weighted by Gasteiger charge is -2.16. The maximum absolute atomic E-state index is 12.5. The van der Waals surface area contributed by atoms with Gasteiger partial charge in [-0.15, -0.1) is 0 Å². The number of carbonyl (C=O) groups is 2. The molecule has 2 aromatic carbocycles. The first-order valence-corrected chi connectivity index (χ1v) is 8.37. The SMILES string of the molecule is Cc1ccc(NC(=O)c2cccc(CN3CCCC3=O)c2)cc1[N+](=O)[O-]. The third-order valence-corrected chi connectivity index (χ3v) is 4.40. The maximum Gasteiger partial charge on any atom is 0.274 e. The summed E-state index contributed by atoms with van der Waals surface area (Å²) >= 11 is 0. The second-order valence-electron chi connectivity index (χ2n) is 6.33. The number of nitro benzene ring substituents is 1. The number of nitrogens with zero attached hydrogens (tertiary/aromatic N) is 2. The summed E-state index contributed by atoms with van der Waals surface area (Å²) in [4.78, 5) is 36.5. The van der Waals surface area contributed by atoms with Crippen LogP contribution in [-0.4, -0.2) is 28.2 Å². The Balaban J connectivity index is 1.74. The molecule has 1 heterocycles. The Hall–Kier alpha value is -3.22. The normalized spacial score (nSPS) is 13.7. The molecule has 0 spiro atoms. The van der Waals surface area contributed by atoms with Crippen LogP contribution in [-0.2, 0) is 11.3 Å². The first kappa shape index (κ1) is 17.6. The number of nitrogens with one attached hydrogen (secondary N) is 1. The van der Waals surface area contributed by atoms with E-state index in [1.54, 1.807) is 42.2 Å². The van der Waals surface area contributed by atoms with Gasteiger partial charge in [0, 0.05) is 42.4 Å². The predicted octanol–water partition coefficient (Wildman–Crippen LogP) is 3.28. The van der Waals surface area contributed by atoms with E-state index in [4.69, 9.17) is 0 Å². The van der Waals surface area contributed by atoms with E-state index < -0.39 is 4.92 Å². The van der Waals surface area contributed by atoms with Gasteiger partial charge in [0.2, 0.25) is 5.91 Å². The molecule has 0 aromatic heterocycles. The number of carbonyl (C=O) groups excluding carboxylic acids is 2. The van der Waals surface area contributed by atoms with Gasteiger partial charge in [0.15, 0.2) is 0 Å². The summed E-state index contributed by atoms with van der Waals surface area (Å²) in [7, 11) is 0. The zero-order chi connectivity index (χ0) is 18.7. The van der Waals surface area contributed by atoms with Crippen LogP contribution in [0.4, 0.5) is 11.4 Å². The van der Waals surface area contributed by atoms with Gasteiger partial charge >= 0.3 is 0 Å². The van der Waals surface area contributed by atoms with Gasteiger partial charge in [-0.2, -0.15) is 0 Å². The number of hydrogen-bond acceptors (Lipinski definition) is 4. The molecule has 1 saturated heterocycles. The van der Waals surface area contributed by atoms with Gasteiger partial charge in [-0.1, -0.05) is 18.2 Å². The molecule has 2 amide bonds. The molecular weight excluding hydrogens is 334 g/mol. The smallest absolute Gasteiger partial charge is 0.274 e.